The molecule has 0 aliphatic carbocycles. The van der Waals surface area contributed by atoms with E-state index in [9.17, 15) is 18.0 Å². The highest BCUT2D eigenvalue weighted by molar-refractivity contribution is 9.11. The van der Waals surface area contributed by atoms with E-state index in [1.807, 2.05) is 0 Å². The monoisotopic (exact) mass is 496 g/mol. The average molecular weight is 499 g/mol. The van der Waals surface area contributed by atoms with Crippen LogP contribution in [0, 0.1) is 0 Å². The average Bonchev–Trinajstić information content (AvgIpc) is 2.44. The number of carbonyl (C=O) groups is 1. The molecule has 2 aromatic rings. The molecule has 2 aromatic carbocycles. The molecule has 132 valence electrons. The fourth-order valence-corrected chi connectivity index (χ4v) is 3.78. The summed E-state index contributed by atoms with van der Waals surface area (Å²) < 4.78 is 41.3. The number of carboxylic acids is 1. The zero-order valence-corrected chi connectivity index (χ0v) is 16.2. The van der Waals surface area contributed by atoms with Gasteiger partial charge in [-0.1, -0.05) is 61.7 Å². The number of alkyl halides is 3. The number of allylic oxidation sites excluding steroid dienone is 1. The first-order valence-corrected chi connectivity index (χ1v) is 8.78. The van der Waals surface area contributed by atoms with Crippen molar-refractivity contribution < 1.29 is 23.1 Å². The molecule has 0 aliphatic heterocycles. The first-order chi connectivity index (χ1) is 11.6. The van der Waals surface area contributed by atoms with Crippen LogP contribution in [-0.4, -0.2) is 17.3 Å². The number of carboxylic acid groups (broad SMARTS) is 1. The third-order valence-electron chi connectivity index (χ3n) is 3.30. The van der Waals surface area contributed by atoms with Crippen molar-refractivity contribution in [1.82, 2.24) is 0 Å². The fraction of sp³-hybridized carbons (Fsp3) is 0.118. The molecule has 2 rings (SSSR count). The molecule has 0 spiro atoms. The summed E-state index contributed by atoms with van der Waals surface area (Å²) in [5, 5.41) is 8.88. The molecule has 0 heterocycles. The molecule has 0 aromatic heterocycles. The van der Waals surface area contributed by atoms with Gasteiger partial charge in [-0.25, -0.2) is 4.79 Å². The minimum Gasteiger partial charge on any atom is -0.478 e. The Morgan fingerprint density at radius 3 is 2.20 bits per heavy atom. The number of aromatic carboxylic acids is 1. The fourth-order valence-electron chi connectivity index (χ4n) is 2.18. The van der Waals surface area contributed by atoms with Crippen molar-refractivity contribution in [3.05, 3.63) is 73.1 Å². The summed E-state index contributed by atoms with van der Waals surface area (Å²) in [6.45, 7) is 0. The molecule has 0 fully saturated rings. The molecule has 0 saturated carbocycles. The summed E-state index contributed by atoms with van der Waals surface area (Å²) in [5.74, 6) is -3.02. The summed E-state index contributed by atoms with van der Waals surface area (Å²) >= 11 is 12.2. The maximum Gasteiger partial charge on any atom is 0.399 e. The molecule has 25 heavy (non-hydrogen) atoms. The summed E-state index contributed by atoms with van der Waals surface area (Å²) in [7, 11) is 0. The van der Waals surface area contributed by atoms with E-state index in [0.717, 1.165) is 6.08 Å². The zero-order chi connectivity index (χ0) is 18.8. The first-order valence-electron chi connectivity index (χ1n) is 6.81. The second-order valence-electron chi connectivity index (χ2n) is 5.13. The van der Waals surface area contributed by atoms with Gasteiger partial charge in [0.25, 0.3) is 0 Å². The lowest BCUT2D eigenvalue weighted by Gasteiger charge is -2.18. The number of hydrogen-bond acceptors (Lipinski definition) is 1. The predicted molar refractivity (Wildman–Crippen MR) is 98.1 cm³/mol. The lowest BCUT2D eigenvalue weighted by atomic mass is 9.97. The normalized spacial score (nSPS) is 13.2. The van der Waals surface area contributed by atoms with Crippen LogP contribution < -0.4 is 0 Å². The van der Waals surface area contributed by atoms with E-state index in [2.05, 4.69) is 31.9 Å². The van der Waals surface area contributed by atoms with Gasteiger partial charge in [-0.2, -0.15) is 13.2 Å². The van der Waals surface area contributed by atoms with E-state index in [1.165, 1.54) is 36.4 Å². The molecule has 1 unspecified atom stereocenters. The van der Waals surface area contributed by atoms with Gasteiger partial charge in [0.1, 0.15) is 0 Å². The second-order valence-corrected chi connectivity index (χ2v) is 7.36. The van der Waals surface area contributed by atoms with Crippen LogP contribution in [-0.2, 0) is 0 Å². The van der Waals surface area contributed by atoms with Gasteiger partial charge in [0.05, 0.1) is 16.5 Å². The standard InChI is InChI=1S/C17H10Br2ClF3O2/c18-11-6-10(7-12(19)8-11)14(17(21,22)23)4-2-9-1-3-13(16(24)25)15(20)5-9/h1-8,14H,(H,24,25)/b4-2+. The van der Waals surface area contributed by atoms with Crippen molar-refractivity contribution in [3.63, 3.8) is 0 Å². The van der Waals surface area contributed by atoms with E-state index in [4.69, 9.17) is 16.7 Å². The third kappa shape index (κ3) is 5.33. The van der Waals surface area contributed by atoms with Crippen LogP contribution in [0.2, 0.25) is 5.02 Å². The van der Waals surface area contributed by atoms with Gasteiger partial charge >= 0.3 is 12.1 Å². The van der Waals surface area contributed by atoms with Gasteiger partial charge in [0, 0.05) is 8.95 Å². The Morgan fingerprint density at radius 2 is 1.72 bits per heavy atom. The van der Waals surface area contributed by atoms with Crippen LogP contribution in [0.15, 0.2) is 51.4 Å². The Labute approximate surface area is 163 Å². The Bertz CT molecular complexity index is 815. The summed E-state index contributed by atoms with van der Waals surface area (Å²) in [6.07, 6.45) is -2.20. The summed E-state index contributed by atoms with van der Waals surface area (Å²) in [6, 6.07) is 8.40. The highest BCUT2D eigenvalue weighted by Crippen LogP contribution is 2.38. The van der Waals surface area contributed by atoms with E-state index in [0.29, 0.717) is 14.5 Å². The van der Waals surface area contributed by atoms with Gasteiger partial charge in [0.15, 0.2) is 0 Å². The van der Waals surface area contributed by atoms with Crippen LogP contribution in [0.3, 0.4) is 0 Å². The molecule has 0 amide bonds. The second kappa shape index (κ2) is 7.93. The third-order valence-corrected chi connectivity index (χ3v) is 4.53. The Hall–Kier alpha value is -1.31. The first kappa shape index (κ1) is 20.0. The summed E-state index contributed by atoms with van der Waals surface area (Å²) in [5.41, 5.74) is 0.332. The van der Waals surface area contributed by atoms with Crippen molar-refractivity contribution in [3.8, 4) is 0 Å². The maximum absolute atomic E-state index is 13.4. The Balaban J connectivity index is 2.39. The van der Waals surface area contributed by atoms with Gasteiger partial charge in [-0.3, -0.25) is 0 Å². The van der Waals surface area contributed by atoms with Crippen molar-refractivity contribution >= 4 is 55.5 Å². The molecule has 1 atom stereocenters. The highest BCUT2D eigenvalue weighted by atomic mass is 79.9. The lowest BCUT2D eigenvalue weighted by molar-refractivity contribution is -0.139. The minimum atomic E-state index is -4.48. The molecule has 0 radical (unpaired) electrons. The number of hydrogen-bond donors (Lipinski definition) is 1. The van der Waals surface area contributed by atoms with Crippen molar-refractivity contribution in [2.75, 3.05) is 0 Å². The predicted octanol–water partition coefficient (Wildman–Crippen LogP) is 6.92. The van der Waals surface area contributed by atoms with Crippen LogP contribution >= 0.6 is 43.5 Å². The van der Waals surface area contributed by atoms with Gasteiger partial charge < -0.3 is 5.11 Å². The topological polar surface area (TPSA) is 37.3 Å². The minimum absolute atomic E-state index is 0.0385. The van der Waals surface area contributed by atoms with Gasteiger partial charge in [0.2, 0.25) is 0 Å². The Morgan fingerprint density at radius 1 is 1.12 bits per heavy atom. The molecule has 2 nitrogen and oxygen atoms in total. The molecule has 8 heteroatoms. The maximum atomic E-state index is 13.4. The van der Waals surface area contributed by atoms with E-state index >= 15 is 0 Å². The van der Waals surface area contributed by atoms with E-state index < -0.39 is 18.1 Å². The van der Waals surface area contributed by atoms with Crippen molar-refractivity contribution in [2.45, 2.75) is 12.1 Å². The lowest BCUT2D eigenvalue weighted by Crippen LogP contribution is -2.18. The quantitative estimate of drug-likeness (QED) is 0.497. The van der Waals surface area contributed by atoms with Gasteiger partial charge in [-0.15, -0.1) is 0 Å². The molecular formula is C17H10Br2ClF3O2. The number of benzene rings is 2. The van der Waals surface area contributed by atoms with Crippen LogP contribution in [0.5, 0.6) is 0 Å². The zero-order valence-electron chi connectivity index (χ0n) is 12.3. The highest BCUT2D eigenvalue weighted by Gasteiger charge is 2.39. The van der Waals surface area contributed by atoms with Crippen molar-refractivity contribution in [2.24, 2.45) is 0 Å². The van der Waals surface area contributed by atoms with E-state index in [-0.39, 0.29) is 16.1 Å². The number of rotatable bonds is 4. The molecule has 0 saturated heterocycles. The van der Waals surface area contributed by atoms with Crippen molar-refractivity contribution in [1.29, 1.82) is 0 Å². The van der Waals surface area contributed by atoms with Crippen LogP contribution in [0.4, 0.5) is 13.2 Å². The molecule has 0 aliphatic rings. The SMILES string of the molecule is O=C(O)c1ccc(/C=C/C(c2cc(Br)cc(Br)c2)C(F)(F)F)cc1Cl. The van der Waals surface area contributed by atoms with Crippen LogP contribution in [0.25, 0.3) is 6.08 Å². The largest absolute Gasteiger partial charge is 0.478 e. The molecule has 1 N–H and O–H groups in total. The van der Waals surface area contributed by atoms with E-state index in [1.54, 1.807) is 6.07 Å². The molecular weight excluding hydrogens is 488 g/mol. The number of halogens is 6. The van der Waals surface area contributed by atoms with Gasteiger partial charge in [-0.05, 0) is 41.5 Å². The summed E-state index contributed by atoms with van der Waals surface area (Å²) in [4.78, 5) is 10.9. The smallest absolute Gasteiger partial charge is 0.399 e. The Kier molecular flexibility index (Phi) is 6.35. The molecule has 0 bridgehead atoms. The van der Waals surface area contributed by atoms with Crippen LogP contribution in [0.1, 0.15) is 27.4 Å².